The Kier molecular flexibility index (Phi) is 5.27. The normalized spacial score (nSPS) is 10.5. The fraction of sp³-hybridized carbons (Fsp3) is 0.429. The van der Waals surface area contributed by atoms with Crippen molar-refractivity contribution in [2.75, 3.05) is 11.9 Å². The van der Waals surface area contributed by atoms with Gasteiger partial charge in [0.15, 0.2) is 0 Å². The van der Waals surface area contributed by atoms with Crippen LogP contribution in [0.15, 0.2) is 29.3 Å². The quantitative estimate of drug-likeness (QED) is 0.670. The van der Waals surface area contributed by atoms with Gasteiger partial charge in [-0.15, -0.1) is 0 Å². The van der Waals surface area contributed by atoms with E-state index in [1.54, 1.807) is 26.8 Å². The van der Waals surface area contributed by atoms with Crippen LogP contribution in [0.5, 0.6) is 0 Å². The largest absolute Gasteiger partial charge is 0.444 e. The van der Waals surface area contributed by atoms with Crippen molar-refractivity contribution >= 4 is 17.9 Å². The van der Waals surface area contributed by atoms with Crippen LogP contribution in [0, 0.1) is 0 Å². The van der Waals surface area contributed by atoms with Crippen molar-refractivity contribution in [1.82, 2.24) is 0 Å². The van der Waals surface area contributed by atoms with E-state index >= 15 is 0 Å². The van der Waals surface area contributed by atoms with Gasteiger partial charge in [0.05, 0.1) is 6.54 Å². The molecular formula is C14H18N2O3. The van der Waals surface area contributed by atoms with E-state index in [2.05, 4.69) is 10.3 Å². The smallest absolute Gasteiger partial charge is 0.412 e. The number of hydrogen-bond acceptors (Lipinski definition) is 4. The van der Waals surface area contributed by atoms with Gasteiger partial charge in [0.2, 0.25) is 6.08 Å². The first-order valence-electron chi connectivity index (χ1n) is 6.04. The van der Waals surface area contributed by atoms with Crippen molar-refractivity contribution in [2.24, 2.45) is 4.99 Å². The Bertz CT molecular complexity index is 486. The van der Waals surface area contributed by atoms with Crippen LogP contribution in [0.3, 0.4) is 0 Å². The van der Waals surface area contributed by atoms with Crippen LogP contribution in [0.1, 0.15) is 26.3 Å². The van der Waals surface area contributed by atoms with E-state index in [1.807, 2.05) is 18.2 Å². The summed E-state index contributed by atoms with van der Waals surface area (Å²) in [5.41, 5.74) is 1.02. The van der Waals surface area contributed by atoms with Crippen molar-refractivity contribution in [1.29, 1.82) is 0 Å². The highest BCUT2D eigenvalue weighted by Crippen LogP contribution is 2.17. The first-order chi connectivity index (χ1) is 8.92. The highest BCUT2D eigenvalue weighted by molar-refractivity contribution is 5.85. The molecule has 0 saturated heterocycles. The number of isocyanates is 1. The zero-order valence-corrected chi connectivity index (χ0v) is 11.4. The zero-order chi connectivity index (χ0) is 14.3. The molecule has 0 heterocycles. The molecular weight excluding hydrogens is 244 g/mol. The minimum Gasteiger partial charge on any atom is -0.444 e. The number of carbonyl (C=O) groups is 1. The highest BCUT2D eigenvalue weighted by Gasteiger charge is 2.16. The summed E-state index contributed by atoms with van der Waals surface area (Å²) in [6.45, 7) is 5.75. The lowest BCUT2D eigenvalue weighted by molar-refractivity contribution is 0.0636. The first kappa shape index (κ1) is 14.9. The Hall–Kier alpha value is -2.13. The van der Waals surface area contributed by atoms with Crippen molar-refractivity contribution in [3.8, 4) is 0 Å². The number of anilines is 1. The predicted molar refractivity (Wildman–Crippen MR) is 73.0 cm³/mol. The summed E-state index contributed by atoms with van der Waals surface area (Å²) < 4.78 is 5.19. The molecule has 0 radical (unpaired) electrons. The van der Waals surface area contributed by atoms with Gasteiger partial charge in [0.1, 0.15) is 5.60 Å². The number of benzene rings is 1. The molecule has 1 aromatic rings. The number of nitrogens with zero attached hydrogens (tertiary/aromatic N) is 1. The minimum atomic E-state index is -0.541. The van der Waals surface area contributed by atoms with Crippen LogP contribution in [0.2, 0.25) is 0 Å². The number of aliphatic imine (C=N–C) groups is 1. The molecule has 5 nitrogen and oxygen atoms in total. The molecule has 0 saturated carbocycles. The SMILES string of the molecule is CC(C)(C)OC(=O)Nc1ccccc1CCN=C=O. The van der Waals surface area contributed by atoms with E-state index in [9.17, 15) is 9.59 Å². The molecule has 19 heavy (non-hydrogen) atoms. The second-order valence-corrected chi connectivity index (χ2v) is 5.01. The van der Waals surface area contributed by atoms with Crippen molar-refractivity contribution < 1.29 is 14.3 Å². The third-order valence-corrected chi connectivity index (χ3v) is 2.21. The van der Waals surface area contributed by atoms with Gasteiger partial charge in [-0.1, -0.05) is 18.2 Å². The van der Waals surface area contributed by atoms with Gasteiger partial charge in [0, 0.05) is 5.69 Å². The summed E-state index contributed by atoms with van der Waals surface area (Å²) in [5.74, 6) is 0. The van der Waals surface area contributed by atoms with Gasteiger partial charge in [-0.05, 0) is 38.8 Å². The molecule has 0 aliphatic carbocycles. The number of carbonyl (C=O) groups excluding carboxylic acids is 2. The van der Waals surface area contributed by atoms with E-state index in [4.69, 9.17) is 4.74 Å². The Labute approximate surface area is 112 Å². The van der Waals surface area contributed by atoms with E-state index in [-0.39, 0.29) is 0 Å². The fourth-order valence-electron chi connectivity index (χ4n) is 1.50. The molecule has 1 rings (SSSR count). The standard InChI is InChI=1S/C14H18N2O3/c1-14(2,3)19-13(18)16-12-7-5-4-6-11(12)8-9-15-10-17/h4-7H,8-9H2,1-3H3,(H,16,18). The topological polar surface area (TPSA) is 67.8 Å². The lowest BCUT2D eigenvalue weighted by Gasteiger charge is -2.20. The predicted octanol–water partition coefficient (Wildman–Crippen LogP) is 2.91. The maximum absolute atomic E-state index is 11.7. The van der Waals surface area contributed by atoms with Crippen LogP contribution < -0.4 is 5.32 Å². The second-order valence-electron chi connectivity index (χ2n) is 5.01. The van der Waals surface area contributed by atoms with E-state index in [1.165, 1.54) is 6.08 Å². The summed E-state index contributed by atoms with van der Waals surface area (Å²) in [6.07, 6.45) is 1.55. The van der Waals surface area contributed by atoms with Gasteiger partial charge in [-0.2, -0.15) is 0 Å². The molecule has 0 fully saturated rings. The maximum atomic E-state index is 11.7. The number of hydrogen-bond donors (Lipinski definition) is 1. The second kappa shape index (κ2) is 6.71. The van der Waals surface area contributed by atoms with Crippen LogP contribution in [0.4, 0.5) is 10.5 Å². The Morgan fingerprint density at radius 3 is 2.68 bits per heavy atom. The minimum absolute atomic E-state index is 0.344. The molecule has 0 atom stereocenters. The summed E-state index contributed by atoms with van der Waals surface area (Å²) in [6, 6.07) is 7.33. The third-order valence-electron chi connectivity index (χ3n) is 2.21. The Balaban J connectivity index is 2.72. The monoisotopic (exact) mass is 262 g/mol. The molecule has 0 unspecified atom stereocenters. The molecule has 0 aromatic heterocycles. The number of nitrogens with one attached hydrogen (secondary N) is 1. The molecule has 1 amide bonds. The van der Waals surface area contributed by atoms with Crippen LogP contribution >= 0.6 is 0 Å². The fourth-order valence-corrected chi connectivity index (χ4v) is 1.50. The van der Waals surface area contributed by atoms with Gasteiger partial charge in [-0.25, -0.2) is 14.6 Å². The van der Waals surface area contributed by atoms with Gasteiger partial charge in [-0.3, -0.25) is 5.32 Å². The lowest BCUT2D eigenvalue weighted by atomic mass is 10.1. The number of rotatable bonds is 4. The van der Waals surface area contributed by atoms with Crippen molar-refractivity contribution in [3.63, 3.8) is 0 Å². The van der Waals surface area contributed by atoms with E-state index in [0.717, 1.165) is 5.56 Å². The average molecular weight is 262 g/mol. The molecule has 5 heteroatoms. The van der Waals surface area contributed by atoms with Gasteiger partial charge in [0.25, 0.3) is 0 Å². The van der Waals surface area contributed by atoms with Gasteiger partial charge >= 0.3 is 6.09 Å². The summed E-state index contributed by atoms with van der Waals surface area (Å²) in [7, 11) is 0. The van der Waals surface area contributed by atoms with Crippen molar-refractivity contribution in [3.05, 3.63) is 29.8 Å². The zero-order valence-electron chi connectivity index (χ0n) is 11.4. The highest BCUT2D eigenvalue weighted by atomic mass is 16.6. The summed E-state index contributed by atoms with van der Waals surface area (Å²) in [5, 5.41) is 2.69. The van der Waals surface area contributed by atoms with E-state index < -0.39 is 11.7 Å². The molecule has 102 valence electrons. The number of para-hydroxylation sites is 1. The molecule has 1 aromatic carbocycles. The Morgan fingerprint density at radius 2 is 2.05 bits per heavy atom. The van der Waals surface area contributed by atoms with Crippen LogP contribution in [-0.4, -0.2) is 24.3 Å². The number of amides is 1. The summed E-state index contributed by atoms with van der Waals surface area (Å²) >= 11 is 0. The van der Waals surface area contributed by atoms with Crippen LogP contribution in [0.25, 0.3) is 0 Å². The molecule has 0 spiro atoms. The third kappa shape index (κ3) is 5.84. The Morgan fingerprint density at radius 1 is 1.37 bits per heavy atom. The van der Waals surface area contributed by atoms with Gasteiger partial charge < -0.3 is 4.74 Å². The lowest BCUT2D eigenvalue weighted by Crippen LogP contribution is -2.27. The van der Waals surface area contributed by atoms with Crippen molar-refractivity contribution in [2.45, 2.75) is 32.8 Å². The molecule has 0 aliphatic heterocycles. The first-order valence-corrected chi connectivity index (χ1v) is 6.04. The molecule has 0 aliphatic rings. The molecule has 0 bridgehead atoms. The number of ether oxygens (including phenoxy) is 1. The van der Waals surface area contributed by atoms with E-state index in [0.29, 0.717) is 18.7 Å². The molecule has 1 N–H and O–H groups in total. The van der Waals surface area contributed by atoms with Crippen LogP contribution in [-0.2, 0) is 16.0 Å². The maximum Gasteiger partial charge on any atom is 0.412 e. The summed E-state index contributed by atoms with van der Waals surface area (Å²) in [4.78, 5) is 25.2. The average Bonchev–Trinajstić information content (AvgIpc) is 2.29.